The molecule has 1 aliphatic heterocycles. The highest BCUT2D eigenvalue weighted by Crippen LogP contribution is 2.60. The monoisotopic (exact) mass is 440 g/mol. The molecule has 8 heteroatoms. The van der Waals surface area contributed by atoms with Gasteiger partial charge in [-0.1, -0.05) is 61.2 Å². The molecule has 0 N–H and O–H groups in total. The second-order valence-electron chi connectivity index (χ2n) is 7.79. The van der Waals surface area contributed by atoms with Crippen molar-refractivity contribution in [2.24, 2.45) is 17.3 Å². The number of nitriles is 1. The van der Waals surface area contributed by atoms with Crippen LogP contribution in [0.25, 0.3) is 0 Å². The Labute approximate surface area is 182 Å². The van der Waals surface area contributed by atoms with Crippen molar-refractivity contribution in [1.29, 1.82) is 5.26 Å². The highest BCUT2D eigenvalue weighted by molar-refractivity contribution is 8.14. The number of hydrogen-bond acceptors (Lipinski definition) is 8. The van der Waals surface area contributed by atoms with Crippen LogP contribution < -0.4 is 4.74 Å². The van der Waals surface area contributed by atoms with E-state index in [9.17, 15) is 14.9 Å². The van der Waals surface area contributed by atoms with Gasteiger partial charge in [0.05, 0.1) is 10.8 Å². The first-order valence-electron chi connectivity index (χ1n) is 9.56. The van der Waals surface area contributed by atoms with Crippen LogP contribution >= 0.6 is 23.1 Å². The normalized spacial score (nSPS) is 24.3. The lowest BCUT2D eigenvalue weighted by Gasteiger charge is -2.09. The van der Waals surface area contributed by atoms with Gasteiger partial charge in [0, 0.05) is 17.5 Å². The Bertz CT molecular complexity index is 1040. The number of benzene rings is 1. The summed E-state index contributed by atoms with van der Waals surface area (Å²) in [7, 11) is 0. The fourth-order valence-corrected chi connectivity index (χ4v) is 5.24. The molecular formula is C22H20N2O4S2. The van der Waals surface area contributed by atoms with Gasteiger partial charge in [0.25, 0.3) is 5.19 Å². The number of thioether (sulfide) groups is 1. The van der Waals surface area contributed by atoms with E-state index in [1.807, 2.05) is 44.2 Å². The van der Waals surface area contributed by atoms with E-state index < -0.39 is 12.1 Å². The van der Waals surface area contributed by atoms with Crippen molar-refractivity contribution in [2.45, 2.75) is 26.4 Å². The zero-order valence-corrected chi connectivity index (χ0v) is 18.2. The van der Waals surface area contributed by atoms with Crippen LogP contribution in [0.2, 0.25) is 0 Å². The summed E-state index contributed by atoms with van der Waals surface area (Å²) in [6.07, 6.45) is 3.12. The number of esters is 1. The number of aromatic nitrogens is 1. The minimum atomic E-state index is -1.04. The van der Waals surface area contributed by atoms with Crippen LogP contribution in [0.1, 0.15) is 31.2 Å². The fourth-order valence-electron chi connectivity index (χ4n) is 3.62. The zero-order chi connectivity index (χ0) is 21.3. The average molecular weight is 441 g/mol. The Morgan fingerprint density at radius 1 is 1.37 bits per heavy atom. The molecule has 30 heavy (non-hydrogen) atoms. The van der Waals surface area contributed by atoms with Gasteiger partial charge in [-0.15, -0.1) is 0 Å². The standard InChI is InChI=1S/C22H20N2O4S2/c1-22(2)15(10-13-8-9-29-20(13)26)18(22)19(25)28-16(11-23)17-12-24-21(30-17)27-14-6-4-3-5-7-14/h3-7,10,12,15-16,18H,8-9H2,1-2H3/t15-,16+,18-/m0/s1. The van der Waals surface area contributed by atoms with Gasteiger partial charge in [-0.3, -0.25) is 9.59 Å². The minimum absolute atomic E-state index is 0.0552. The van der Waals surface area contributed by atoms with Crippen LogP contribution in [0.3, 0.4) is 0 Å². The number of carbonyl (C=O) groups excluding carboxylic acids is 2. The highest BCUT2D eigenvalue weighted by Gasteiger charge is 2.62. The molecule has 2 fully saturated rings. The molecule has 6 nitrogen and oxygen atoms in total. The van der Waals surface area contributed by atoms with Crippen molar-refractivity contribution in [3.63, 3.8) is 0 Å². The molecule has 0 unspecified atom stereocenters. The first-order valence-corrected chi connectivity index (χ1v) is 11.4. The quantitative estimate of drug-likeness (QED) is 0.466. The van der Waals surface area contributed by atoms with E-state index in [0.29, 0.717) is 15.8 Å². The summed E-state index contributed by atoms with van der Waals surface area (Å²) in [5, 5.41) is 10.0. The summed E-state index contributed by atoms with van der Waals surface area (Å²) in [6, 6.07) is 11.2. The first-order chi connectivity index (χ1) is 14.4. The Morgan fingerprint density at radius 2 is 2.13 bits per heavy atom. The third-order valence-corrected chi connectivity index (χ3v) is 7.32. The molecule has 154 valence electrons. The molecule has 0 amide bonds. The van der Waals surface area contributed by atoms with Crippen molar-refractivity contribution in [1.82, 2.24) is 4.98 Å². The molecule has 1 aromatic carbocycles. The maximum Gasteiger partial charge on any atom is 0.311 e. The van der Waals surface area contributed by atoms with Crippen LogP contribution in [-0.2, 0) is 14.3 Å². The van der Waals surface area contributed by atoms with E-state index in [0.717, 1.165) is 17.7 Å². The Morgan fingerprint density at radius 3 is 2.80 bits per heavy atom. The van der Waals surface area contributed by atoms with E-state index in [4.69, 9.17) is 9.47 Å². The molecule has 1 aromatic heterocycles. The van der Waals surface area contributed by atoms with E-state index in [-0.39, 0.29) is 22.4 Å². The summed E-state index contributed by atoms with van der Waals surface area (Å²) in [6.45, 7) is 3.96. The third kappa shape index (κ3) is 4.13. The predicted octanol–water partition coefficient (Wildman–Crippen LogP) is 4.91. The number of nitrogens with zero attached hydrogens (tertiary/aromatic N) is 2. The van der Waals surface area contributed by atoms with Crippen molar-refractivity contribution >= 4 is 34.2 Å². The van der Waals surface area contributed by atoms with Crippen LogP contribution in [-0.4, -0.2) is 21.8 Å². The molecule has 2 aromatic rings. The predicted molar refractivity (Wildman–Crippen MR) is 114 cm³/mol. The molecule has 1 saturated heterocycles. The lowest BCUT2D eigenvalue weighted by Crippen LogP contribution is -2.14. The lowest BCUT2D eigenvalue weighted by atomic mass is 10.1. The second-order valence-corrected chi connectivity index (χ2v) is 9.88. The summed E-state index contributed by atoms with van der Waals surface area (Å²) >= 11 is 2.48. The molecule has 1 saturated carbocycles. The molecule has 0 bridgehead atoms. The molecule has 3 atom stereocenters. The van der Waals surface area contributed by atoms with Gasteiger partial charge in [0.2, 0.25) is 11.2 Å². The van der Waals surface area contributed by atoms with Crippen molar-refractivity contribution in [2.75, 3.05) is 5.75 Å². The van der Waals surface area contributed by atoms with E-state index in [1.54, 1.807) is 12.1 Å². The number of thiazole rings is 1. The van der Waals surface area contributed by atoms with Crippen LogP contribution in [0.5, 0.6) is 10.9 Å². The summed E-state index contributed by atoms with van der Waals surface area (Å²) in [5.74, 6) is 0.583. The summed E-state index contributed by atoms with van der Waals surface area (Å²) < 4.78 is 11.2. The highest BCUT2D eigenvalue weighted by atomic mass is 32.2. The third-order valence-electron chi connectivity index (χ3n) is 5.47. The number of rotatable bonds is 6. The number of allylic oxidation sites excluding steroid dienone is 1. The Balaban J connectivity index is 1.42. The van der Waals surface area contributed by atoms with Gasteiger partial charge >= 0.3 is 5.97 Å². The van der Waals surface area contributed by atoms with Crippen molar-refractivity contribution < 1.29 is 19.1 Å². The molecular weight excluding hydrogens is 420 g/mol. The van der Waals surface area contributed by atoms with Crippen molar-refractivity contribution in [3.8, 4) is 17.0 Å². The number of hydrogen-bond donors (Lipinski definition) is 0. The van der Waals surface area contributed by atoms with Gasteiger partial charge in [-0.05, 0) is 29.9 Å². The molecule has 4 rings (SSSR count). The van der Waals surface area contributed by atoms with E-state index in [1.165, 1.54) is 29.3 Å². The summed E-state index contributed by atoms with van der Waals surface area (Å²) in [4.78, 5) is 29.4. The zero-order valence-electron chi connectivity index (χ0n) is 16.5. The molecule has 2 aliphatic rings. The average Bonchev–Trinajstić information content (AvgIpc) is 3.08. The number of carbonyl (C=O) groups is 2. The van der Waals surface area contributed by atoms with Gasteiger partial charge in [-0.25, -0.2) is 4.98 Å². The van der Waals surface area contributed by atoms with Crippen molar-refractivity contribution in [3.05, 3.63) is 53.1 Å². The van der Waals surface area contributed by atoms with Gasteiger partial charge in [-0.2, -0.15) is 5.26 Å². The maximum absolute atomic E-state index is 12.8. The largest absolute Gasteiger partial charge is 0.441 e. The molecule has 2 heterocycles. The Kier molecular flexibility index (Phi) is 5.67. The SMILES string of the molecule is CC1(C)[C@H](C(=O)O[C@H](C#N)c2cnc(Oc3ccccc3)s2)[C@@H]1C=C1CCSC1=O. The van der Waals surface area contributed by atoms with Crippen LogP contribution in [0.4, 0.5) is 0 Å². The van der Waals surface area contributed by atoms with Crippen LogP contribution in [0.15, 0.2) is 48.2 Å². The summed E-state index contributed by atoms with van der Waals surface area (Å²) in [5.41, 5.74) is 0.489. The smallest absolute Gasteiger partial charge is 0.311 e. The van der Waals surface area contributed by atoms with Gasteiger partial charge in [0.15, 0.2) is 0 Å². The van der Waals surface area contributed by atoms with E-state index in [2.05, 4.69) is 4.98 Å². The fraction of sp³-hybridized carbons (Fsp3) is 0.364. The van der Waals surface area contributed by atoms with Crippen LogP contribution in [0, 0.1) is 28.6 Å². The minimum Gasteiger partial charge on any atom is -0.441 e. The Hall–Kier alpha value is -2.63. The van der Waals surface area contributed by atoms with Gasteiger partial charge < -0.3 is 9.47 Å². The topological polar surface area (TPSA) is 89.3 Å². The molecule has 0 radical (unpaired) electrons. The second kappa shape index (κ2) is 8.25. The van der Waals surface area contributed by atoms with E-state index >= 15 is 0 Å². The molecule has 0 spiro atoms. The lowest BCUT2D eigenvalue weighted by molar-refractivity contribution is -0.149. The van der Waals surface area contributed by atoms with Gasteiger partial charge in [0.1, 0.15) is 11.8 Å². The molecule has 1 aliphatic carbocycles. The number of para-hydroxylation sites is 1. The number of ether oxygens (including phenoxy) is 2. The first kappa shape index (κ1) is 20.6. The maximum atomic E-state index is 12.8.